The Morgan fingerprint density at radius 1 is 0.333 bits per heavy atom. The fraction of sp³-hybridized carbons (Fsp3) is 0. The summed E-state index contributed by atoms with van der Waals surface area (Å²) in [5, 5.41) is 15.6. The van der Waals surface area contributed by atoms with E-state index >= 15 is 0 Å². The predicted octanol–water partition coefficient (Wildman–Crippen LogP) is 16.3. The van der Waals surface area contributed by atoms with E-state index in [-0.39, 0.29) is 0 Å². The Balaban J connectivity index is 1.05. The van der Waals surface area contributed by atoms with Crippen molar-refractivity contribution in [3.63, 3.8) is 0 Å². The minimum absolute atomic E-state index is 0.889. The number of fused-ring (bicyclic) bond motifs is 12. The summed E-state index contributed by atoms with van der Waals surface area (Å²) >= 11 is 1.84. The first kappa shape index (κ1) is 31.1. The van der Waals surface area contributed by atoms with E-state index in [1.54, 1.807) is 0 Å². The molecule has 57 heavy (non-hydrogen) atoms. The van der Waals surface area contributed by atoms with Gasteiger partial charge in [-0.05, 0) is 108 Å². The molecule has 0 spiro atoms. The third kappa shape index (κ3) is 4.52. The molecule has 0 aliphatic carbocycles. The summed E-state index contributed by atoms with van der Waals surface area (Å²) in [5.41, 5.74) is 8.78. The van der Waals surface area contributed by atoms with Crippen molar-refractivity contribution in [2.45, 2.75) is 0 Å². The van der Waals surface area contributed by atoms with Crippen LogP contribution in [-0.2, 0) is 0 Å². The first-order chi connectivity index (χ1) is 28.2. The van der Waals surface area contributed by atoms with Crippen LogP contribution in [0.3, 0.4) is 0 Å². The van der Waals surface area contributed by atoms with Crippen molar-refractivity contribution in [3.8, 4) is 33.6 Å². The zero-order valence-corrected chi connectivity index (χ0v) is 31.4. The molecule has 3 heterocycles. The standard InChI is InChI=1S/C54H30O2S/c1-2-11-33-26-34(22-20-31(33)10-1)47-29-36-28-45-50(30-48(36)55-47)57-49-19-9-17-43(53(45)49)52-40-15-5-3-13-38(40)51(39-14-4-6-16-41(39)52)35-23-21-32-24-25-42-37-12-7-8-18-46(37)56-54(42)44(32)27-35/h1-30H. The van der Waals surface area contributed by atoms with Gasteiger partial charge in [0.25, 0.3) is 0 Å². The van der Waals surface area contributed by atoms with Crippen LogP contribution in [0.2, 0.25) is 0 Å². The molecule has 0 atom stereocenters. The van der Waals surface area contributed by atoms with Gasteiger partial charge in [-0.25, -0.2) is 0 Å². The predicted molar refractivity (Wildman–Crippen MR) is 243 cm³/mol. The average Bonchev–Trinajstić information content (AvgIpc) is 3.97. The molecule has 0 aliphatic heterocycles. The van der Waals surface area contributed by atoms with Gasteiger partial charge in [0.1, 0.15) is 22.5 Å². The van der Waals surface area contributed by atoms with Crippen LogP contribution in [-0.4, -0.2) is 0 Å². The molecule has 0 aliphatic rings. The minimum atomic E-state index is 0.889. The molecular weight excluding hydrogens is 713 g/mol. The van der Waals surface area contributed by atoms with Crippen LogP contribution in [0.5, 0.6) is 0 Å². The van der Waals surface area contributed by atoms with Crippen molar-refractivity contribution in [2.24, 2.45) is 0 Å². The number of hydrogen-bond donors (Lipinski definition) is 0. The Bertz CT molecular complexity index is 3760. The van der Waals surface area contributed by atoms with E-state index in [1.165, 1.54) is 80.1 Å². The van der Waals surface area contributed by atoms with E-state index in [0.717, 1.165) is 49.6 Å². The topological polar surface area (TPSA) is 26.3 Å². The first-order valence-corrected chi connectivity index (χ1v) is 20.2. The van der Waals surface area contributed by atoms with Crippen molar-refractivity contribution < 1.29 is 8.83 Å². The Kier molecular flexibility index (Phi) is 6.35. The number of thiophene rings is 1. The monoisotopic (exact) mass is 742 g/mol. The first-order valence-electron chi connectivity index (χ1n) is 19.4. The Labute approximate surface area is 330 Å². The molecule has 0 fully saturated rings. The van der Waals surface area contributed by atoms with E-state index in [0.29, 0.717) is 0 Å². The van der Waals surface area contributed by atoms with Crippen LogP contribution in [0.1, 0.15) is 0 Å². The molecule has 0 saturated heterocycles. The number of benzene rings is 10. The van der Waals surface area contributed by atoms with Gasteiger partial charge in [-0.3, -0.25) is 0 Å². The Hall–Kier alpha value is -7.20. The lowest BCUT2D eigenvalue weighted by atomic mass is 9.84. The summed E-state index contributed by atoms with van der Waals surface area (Å²) in [7, 11) is 0. The molecule has 264 valence electrons. The van der Waals surface area contributed by atoms with Crippen molar-refractivity contribution >= 4 is 108 Å². The third-order valence-corrected chi connectivity index (χ3v) is 13.1. The summed E-state index contributed by atoms with van der Waals surface area (Å²) in [4.78, 5) is 0. The van der Waals surface area contributed by atoms with Crippen LogP contribution in [0.25, 0.3) is 130 Å². The van der Waals surface area contributed by atoms with E-state index in [9.17, 15) is 0 Å². The van der Waals surface area contributed by atoms with Crippen molar-refractivity contribution in [1.29, 1.82) is 0 Å². The van der Waals surface area contributed by atoms with Gasteiger partial charge in [-0.1, -0.05) is 133 Å². The zero-order valence-electron chi connectivity index (χ0n) is 30.5. The summed E-state index contributed by atoms with van der Waals surface area (Å²) in [6.07, 6.45) is 0. The molecule has 0 unspecified atom stereocenters. The molecule has 10 aromatic carbocycles. The second kappa shape index (κ2) is 11.7. The molecular formula is C54H30O2S. The summed E-state index contributed by atoms with van der Waals surface area (Å²) in [5.74, 6) is 0.889. The Morgan fingerprint density at radius 3 is 1.84 bits per heavy atom. The average molecular weight is 743 g/mol. The highest BCUT2D eigenvalue weighted by Crippen LogP contribution is 2.49. The third-order valence-electron chi connectivity index (χ3n) is 12.0. The van der Waals surface area contributed by atoms with Gasteiger partial charge in [-0.15, -0.1) is 11.3 Å². The van der Waals surface area contributed by atoms with Crippen LogP contribution in [0, 0.1) is 0 Å². The maximum Gasteiger partial charge on any atom is 0.143 e. The molecule has 3 aromatic heterocycles. The zero-order chi connectivity index (χ0) is 37.2. The highest BCUT2D eigenvalue weighted by atomic mass is 32.1. The normalized spacial score (nSPS) is 12.2. The fourth-order valence-corrected chi connectivity index (χ4v) is 10.6. The molecule has 0 N–H and O–H groups in total. The second-order valence-electron chi connectivity index (χ2n) is 15.2. The maximum atomic E-state index is 6.56. The SMILES string of the molecule is c1ccc2cc(-c3cc4cc5c(cc4o3)sc3cccc(-c4c6ccccc6c(-c6ccc7ccc8c9ccccc9oc8c7c6)c6ccccc46)c35)ccc2c1. The van der Waals surface area contributed by atoms with Gasteiger partial charge in [-0.2, -0.15) is 0 Å². The molecule has 3 heteroatoms. The fourth-order valence-electron chi connectivity index (χ4n) is 9.44. The molecule has 13 aromatic rings. The molecule has 2 nitrogen and oxygen atoms in total. The number of furan rings is 2. The van der Waals surface area contributed by atoms with Gasteiger partial charge in [0, 0.05) is 47.3 Å². The largest absolute Gasteiger partial charge is 0.456 e. The van der Waals surface area contributed by atoms with Crippen LogP contribution in [0.15, 0.2) is 191 Å². The molecule has 0 amide bonds. The maximum absolute atomic E-state index is 6.56. The lowest BCUT2D eigenvalue weighted by Crippen LogP contribution is -1.91. The van der Waals surface area contributed by atoms with Gasteiger partial charge < -0.3 is 8.83 Å². The summed E-state index contributed by atoms with van der Waals surface area (Å²) < 4.78 is 15.6. The summed E-state index contributed by atoms with van der Waals surface area (Å²) in [6.45, 7) is 0. The lowest BCUT2D eigenvalue weighted by Gasteiger charge is -2.18. The van der Waals surface area contributed by atoms with E-state index in [1.807, 2.05) is 17.4 Å². The molecule has 0 saturated carbocycles. The van der Waals surface area contributed by atoms with Crippen LogP contribution < -0.4 is 0 Å². The van der Waals surface area contributed by atoms with Crippen LogP contribution in [0.4, 0.5) is 0 Å². The van der Waals surface area contributed by atoms with Gasteiger partial charge in [0.2, 0.25) is 0 Å². The van der Waals surface area contributed by atoms with E-state index in [4.69, 9.17) is 8.83 Å². The highest BCUT2D eigenvalue weighted by molar-refractivity contribution is 7.26. The highest BCUT2D eigenvalue weighted by Gasteiger charge is 2.21. The van der Waals surface area contributed by atoms with E-state index < -0.39 is 0 Å². The van der Waals surface area contributed by atoms with Crippen molar-refractivity contribution in [1.82, 2.24) is 0 Å². The van der Waals surface area contributed by atoms with Gasteiger partial charge >= 0.3 is 0 Å². The Morgan fingerprint density at radius 2 is 1.02 bits per heavy atom. The van der Waals surface area contributed by atoms with Crippen LogP contribution >= 0.6 is 11.3 Å². The summed E-state index contributed by atoms with van der Waals surface area (Å²) in [6, 6.07) is 66.1. The quantitative estimate of drug-likeness (QED) is 0.169. The number of para-hydroxylation sites is 1. The number of hydrogen-bond acceptors (Lipinski definition) is 3. The van der Waals surface area contributed by atoms with E-state index in [2.05, 4.69) is 176 Å². The molecule has 0 radical (unpaired) electrons. The van der Waals surface area contributed by atoms with Crippen molar-refractivity contribution in [3.05, 3.63) is 182 Å². The van der Waals surface area contributed by atoms with Crippen molar-refractivity contribution in [2.75, 3.05) is 0 Å². The lowest BCUT2D eigenvalue weighted by molar-refractivity contribution is 0.632. The second-order valence-corrected chi connectivity index (χ2v) is 16.2. The molecule has 13 rings (SSSR count). The van der Waals surface area contributed by atoms with Gasteiger partial charge in [0.15, 0.2) is 0 Å². The minimum Gasteiger partial charge on any atom is -0.456 e. The van der Waals surface area contributed by atoms with Gasteiger partial charge in [0.05, 0.1) is 0 Å². The molecule has 0 bridgehead atoms. The number of rotatable bonds is 3. The smallest absolute Gasteiger partial charge is 0.143 e.